The minimum atomic E-state index is -0.163. The fraction of sp³-hybridized carbons (Fsp3) is 0.100. The summed E-state index contributed by atoms with van der Waals surface area (Å²) in [6.07, 6.45) is 5.60. The molecule has 6 nitrogen and oxygen atoms in total. The van der Waals surface area contributed by atoms with Crippen molar-refractivity contribution in [2.24, 2.45) is 5.10 Å². The normalized spacial score (nSPS) is 11.4. The molecule has 0 atom stereocenters. The molecule has 2 aromatic carbocycles. The van der Waals surface area contributed by atoms with Gasteiger partial charge in [-0.3, -0.25) is 4.79 Å². The van der Waals surface area contributed by atoms with Crippen molar-refractivity contribution in [3.8, 4) is 5.75 Å². The highest BCUT2D eigenvalue weighted by atomic mass is 16.5. The molecular formula is C20H18N4O2. The van der Waals surface area contributed by atoms with Crippen molar-refractivity contribution in [3.63, 3.8) is 0 Å². The zero-order valence-corrected chi connectivity index (χ0v) is 14.2. The molecule has 26 heavy (non-hydrogen) atoms. The standard InChI is InChI=1S/C20H18N4O2/c1-26-15-6-7-19-17(9-15)14(11-22-19)12-23-24-20(25)8-13-10-21-18-5-3-2-4-16(13)18/h2-7,9-12,21-22H,8H2,1H3,(H,24,25)/b23-12-. The van der Waals surface area contributed by atoms with Gasteiger partial charge in [-0.1, -0.05) is 18.2 Å². The molecule has 4 rings (SSSR count). The Morgan fingerprint density at radius 1 is 1.12 bits per heavy atom. The molecule has 0 saturated carbocycles. The van der Waals surface area contributed by atoms with Crippen molar-refractivity contribution in [2.45, 2.75) is 6.42 Å². The number of carbonyl (C=O) groups excluding carboxylic acids is 1. The fourth-order valence-electron chi connectivity index (χ4n) is 3.02. The average Bonchev–Trinajstić information content (AvgIpc) is 3.26. The van der Waals surface area contributed by atoms with Crippen molar-refractivity contribution < 1.29 is 9.53 Å². The molecule has 0 fully saturated rings. The van der Waals surface area contributed by atoms with Crippen molar-refractivity contribution >= 4 is 33.9 Å². The van der Waals surface area contributed by atoms with E-state index in [-0.39, 0.29) is 12.3 Å². The van der Waals surface area contributed by atoms with Crippen LogP contribution >= 0.6 is 0 Å². The zero-order valence-electron chi connectivity index (χ0n) is 14.2. The molecule has 0 aliphatic heterocycles. The molecule has 6 heteroatoms. The summed E-state index contributed by atoms with van der Waals surface area (Å²) in [5.41, 5.74) is 6.42. The number of hydrogen-bond acceptors (Lipinski definition) is 3. The number of methoxy groups -OCH3 is 1. The molecule has 130 valence electrons. The number of hydrogen-bond donors (Lipinski definition) is 3. The number of aromatic amines is 2. The van der Waals surface area contributed by atoms with E-state index in [4.69, 9.17) is 4.74 Å². The maximum Gasteiger partial charge on any atom is 0.244 e. The molecule has 0 aliphatic rings. The summed E-state index contributed by atoms with van der Waals surface area (Å²) in [5, 5.41) is 6.12. The molecule has 0 unspecified atom stereocenters. The SMILES string of the molecule is COc1ccc2[nH]cc(/C=N\NC(=O)Cc3c[nH]c4ccccc34)c2c1. The monoisotopic (exact) mass is 346 g/mol. The number of benzene rings is 2. The summed E-state index contributed by atoms with van der Waals surface area (Å²) in [5.74, 6) is 0.610. The quantitative estimate of drug-likeness (QED) is 0.382. The van der Waals surface area contributed by atoms with Gasteiger partial charge in [0.25, 0.3) is 0 Å². The molecule has 2 heterocycles. The van der Waals surface area contributed by atoms with Gasteiger partial charge in [-0.25, -0.2) is 5.43 Å². The Hall–Kier alpha value is -3.54. The largest absolute Gasteiger partial charge is 0.497 e. The number of carbonyl (C=O) groups is 1. The Bertz CT molecular complexity index is 1110. The summed E-state index contributed by atoms with van der Waals surface area (Å²) in [4.78, 5) is 18.5. The van der Waals surface area contributed by atoms with Crippen LogP contribution in [0.3, 0.4) is 0 Å². The first-order valence-electron chi connectivity index (χ1n) is 8.26. The second kappa shape index (κ2) is 6.76. The van der Waals surface area contributed by atoms with Gasteiger partial charge < -0.3 is 14.7 Å². The van der Waals surface area contributed by atoms with Crippen LogP contribution in [0.15, 0.2) is 60.0 Å². The summed E-state index contributed by atoms with van der Waals surface area (Å²) >= 11 is 0. The molecule has 0 saturated heterocycles. The second-order valence-corrected chi connectivity index (χ2v) is 5.98. The number of amides is 1. The third-order valence-electron chi connectivity index (χ3n) is 4.34. The van der Waals surface area contributed by atoms with Gasteiger partial charge in [-0.15, -0.1) is 0 Å². The van der Waals surface area contributed by atoms with Gasteiger partial charge in [0.05, 0.1) is 19.7 Å². The zero-order chi connectivity index (χ0) is 17.9. The maximum absolute atomic E-state index is 12.2. The Morgan fingerprint density at radius 2 is 1.92 bits per heavy atom. The second-order valence-electron chi connectivity index (χ2n) is 5.98. The predicted octanol–water partition coefficient (Wildman–Crippen LogP) is 3.35. The van der Waals surface area contributed by atoms with Crippen LogP contribution in [0.1, 0.15) is 11.1 Å². The minimum absolute atomic E-state index is 0.163. The smallest absolute Gasteiger partial charge is 0.244 e. The van der Waals surface area contributed by atoms with Crippen molar-refractivity contribution in [2.75, 3.05) is 7.11 Å². The number of H-pyrrole nitrogens is 2. The van der Waals surface area contributed by atoms with E-state index in [1.807, 2.05) is 54.9 Å². The number of ether oxygens (including phenoxy) is 1. The van der Waals surface area contributed by atoms with E-state index in [0.29, 0.717) is 0 Å². The van der Waals surface area contributed by atoms with E-state index in [2.05, 4.69) is 20.5 Å². The average molecular weight is 346 g/mol. The van der Waals surface area contributed by atoms with E-state index in [1.165, 1.54) is 0 Å². The Balaban J connectivity index is 1.46. The minimum Gasteiger partial charge on any atom is -0.497 e. The van der Waals surface area contributed by atoms with Crippen LogP contribution in [0.2, 0.25) is 0 Å². The molecule has 1 amide bonds. The molecule has 0 bridgehead atoms. The van der Waals surface area contributed by atoms with Crippen LogP contribution in [0.4, 0.5) is 0 Å². The van der Waals surface area contributed by atoms with Gasteiger partial charge in [0.1, 0.15) is 5.75 Å². The molecule has 0 radical (unpaired) electrons. The third kappa shape index (κ3) is 3.04. The van der Waals surface area contributed by atoms with Crippen LogP contribution < -0.4 is 10.2 Å². The summed E-state index contributed by atoms with van der Waals surface area (Å²) in [6, 6.07) is 13.7. The van der Waals surface area contributed by atoms with Gasteiger partial charge in [0, 0.05) is 39.8 Å². The molecular weight excluding hydrogens is 328 g/mol. The lowest BCUT2D eigenvalue weighted by molar-refractivity contribution is -0.120. The fourth-order valence-corrected chi connectivity index (χ4v) is 3.02. The lowest BCUT2D eigenvalue weighted by Crippen LogP contribution is -2.19. The number of hydrazone groups is 1. The van der Waals surface area contributed by atoms with Crippen molar-refractivity contribution in [1.82, 2.24) is 15.4 Å². The Morgan fingerprint density at radius 3 is 2.81 bits per heavy atom. The van der Waals surface area contributed by atoms with Crippen LogP contribution in [0.5, 0.6) is 5.75 Å². The Labute approximate surface area is 149 Å². The molecule has 3 N–H and O–H groups in total. The van der Waals surface area contributed by atoms with Gasteiger partial charge in [-0.2, -0.15) is 5.10 Å². The summed E-state index contributed by atoms with van der Waals surface area (Å²) in [6.45, 7) is 0. The van der Waals surface area contributed by atoms with Crippen molar-refractivity contribution in [1.29, 1.82) is 0 Å². The summed E-state index contributed by atoms with van der Waals surface area (Å²) in [7, 11) is 1.63. The van der Waals surface area contributed by atoms with Crippen LogP contribution in [0.25, 0.3) is 21.8 Å². The van der Waals surface area contributed by atoms with Gasteiger partial charge in [-0.05, 0) is 29.8 Å². The number of para-hydroxylation sites is 1. The molecule has 4 aromatic rings. The van der Waals surface area contributed by atoms with E-state index in [9.17, 15) is 4.79 Å². The van der Waals surface area contributed by atoms with Crippen LogP contribution in [0, 0.1) is 0 Å². The van der Waals surface area contributed by atoms with Crippen molar-refractivity contribution in [3.05, 3.63) is 66.0 Å². The molecule has 0 aliphatic carbocycles. The number of fused-ring (bicyclic) bond motifs is 2. The highest BCUT2D eigenvalue weighted by Gasteiger charge is 2.08. The first-order valence-corrected chi connectivity index (χ1v) is 8.26. The lowest BCUT2D eigenvalue weighted by Gasteiger charge is -2.00. The molecule has 2 aromatic heterocycles. The number of rotatable bonds is 5. The lowest BCUT2D eigenvalue weighted by atomic mass is 10.1. The van der Waals surface area contributed by atoms with Crippen LogP contribution in [-0.4, -0.2) is 29.2 Å². The van der Waals surface area contributed by atoms with Gasteiger partial charge in [0.15, 0.2) is 0 Å². The third-order valence-corrected chi connectivity index (χ3v) is 4.34. The topological polar surface area (TPSA) is 82.3 Å². The van der Waals surface area contributed by atoms with E-state index < -0.39 is 0 Å². The first kappa shape index (κ1) is 16.0. The van der Waals surface area contributed by atoms with Crippen LogP contribution in [-0.2, 0) is 11.2 Å². The number of nitrogens with zero attached hydrogens (tertiary/aromatic N) is 1. The highest BCUT2D eigenvalue weighted by Crippen LogP contribution is 2.22. The highest BCUT2D eigenvalue weighted by molar-refractivity contribution is 6.00. The van der Waals surface area contributed by atoms with Gasteiger partial charge in [0.2, 0.25) is 5.91 Å². The first-order chi connectivity index (χ1) is 12.7. The van der Waals surface area contributed by atoms with E-state index >= 15 is 0 Å². The maximum atomic E-state index is 12.2. The van der Waals surface area contributed by atoms with E-state index in [1.54, 1.807) is 13.3 Å². The number of aromatic nitrogens is 2. The number of nitrogens with one attached hydrogen (secondary N) is 3. The van der Waals surface area contributed by atoms with Gasteiger partial charge >= 0.3 is 0 Å². The predicted molar refractivity (Wildman–Crippen MR) is 103 cm³/mol. The summed E-state index contributed by atoms with van der Waals surface area (Å²) < 4.78 is 5.25. The van der Waals surface area contributed by atoms with E-state index in [0.717, 1.165) is 38.7 Å². The Kier molecular flexibility index (Phi) is 4.15. The molecule has 0 spiro atoms.